The van der Waals surface area contributed by atoms with Crippen LogP contribution >= 0.6 is 23.5 Å². The third-order valence-electron chi connectivity index (χ3n) is 6.90. The number of thioether (sulfide) groups is 1. The first-order valence-electron chi connectivity index (χ1n) is 13.4. The zero-order valence-corrected chi connectivity index (χ0v) is 25.0. The summed E-state index contributed by atoms with van der Waals surface area (Å²) in [5.41, 5.74) is 4.87. The Labute approximate surface area is 256 Å². The highest BCUT2D eigenvalue weighted by atomic mass is 32.2. The Bertz CT molecular complexity index is 1840. The number of nitro groups is 1. The monoisotopic (exact) mass is 606 g/mol. The molecule has 0 spiro atoms. The summed E-state index contributed by atoms with van der Waals surface area (Å²) in [5, 5.41) is 11.5. The summed E-state index contributed by atoms with van der Waals surface area (Å²) in [4.78, 5) is 33.1. The summed E-state index contributed by atoms with van der Waals surface area (Å²) < 4.78 is 7.69. The lowest BCUT2D eigenvalue weighted by atomic mass is 10.2. The molecule has 0 saturated carbocycles. The number of nitrogens with zero attached hydrogens (tertiary/aromatic N) is 4. The minimum atomic E-state index is -0.398. The highest BCUT2D eigenvalue weighted by Crippen LogP contribution is 2.37. The molecule has 0 radical (unpaired) electrons. The molecule has 1 saturated heterocycles. The quantitative estimate of drug-likeness (QED) is 0.0998. The molecule has 2 aromatic heterocycles. The summed E-state index contributed by atoms with van der Waals surface area (Å²) in [6, 6.07) is 30.0. The molecule has 1 aliphatic rings. The van der Waals surface area contributed by atoms with E-state index < -0.39 is 4.92 Å². The Morgan fingerprint density at radius 1 is 0.953 bits per heavy atom. The summed E-state index contributed by atoms with van der Waals surface area (Å²) in [5.74, 6) is 0.567. The number of carbonyl (C=O) groups excluding carboxylic acids is 1. The van der Waals surface area contributed by atoms with E-state index in [1.807, 2.05) is 74.5 Å². The Morgan fingerprint density at radius 3 is 2.30 bits per heavy atom. The number of furan rings is 1. The number of aliphatic imine (C=N–C) groups is 1. The van der Waals surface area contributed by atoms with Crippen LogP contribution in [0.2, 0.25) is 0 Å². The first-order valence-corrected chi connectivity index (χ1v) is 15.1. The van der Waals surface area contributed by atoms with Gasteiger partial charge < -0.3 is 8.98 Å². The molecule has 10 heteroatoms. The predicted molar refractivity (Wildman–Crippen MR) is 171 cm³/mol. The highest BCUT2D eigenvalue weighted by Gasteiger charge is 2.34. The second-order valence-electron chi connectivity index (χ2n) is 9.82. The van der Waals surface area contributed by atoms with Crippen molar-refractivity contribution in [1.29, 1.82) is 0 Å². The molecule has 0 unspecified atom stereocenters. The molecule has 43 heavy (non-hydrogen) atoms. The number of benzene rings is 3. The van der Waals surface area contributed by atoms with Gasteiger partial charge in [0.1, 0.15) is 5.76 Å². The number of hydrogen-bond donors (Lipinski definition) is 0. The van der Waals surface area contributed by atoms with Crippen molar-refractivity contribution in [3.05, 3.63) is 141 Å². The summed E-state index contributed by atoms with van der Waals surface area (Å²) >= 11 is 2.90. The Hall–Kier alpha value is -4.80. The molecular weight excluding hydrogens is 581 g/mol. The lowest BCUT2D eigenvalue weighted by Gasteiger charge is -2.13. The Balaban J connectivity index is 1.25. The minimum absolute atomic E-state index is 0.0756. The number of amidine groups is 1. The van der Waals surface area contributed by atoms with E-state index in [0.717, 1.165) is 38.1 Å². The van der Waals surface area contributed by atoms with E-state index in [2.05, 4.69) is 22.8 Å². The van der Waals surface area contributed by atoms with Crippen molar-refractivity contribution in [3.63, 3.8) is 0 Å². The number of amides is 1. The van der Waals surface area contributed by atoms with Crippen LogP contribution in [0.5, 0.6) is 0 Å². The van der Waals surface area contributed by atoms with Gasteiger partial charge >= 0.3 is 0 Å². The van der Waals surface area contributed by atoms with Gasteiger partial charge in [0.2, 0.25) is 0 Å². The van der Waals surface area contributed by atoms with Crippen molar-refractivity contribution in [2.75, 3.05) is 0 Å². The molecule has 214 valence electrons. The molecule has 0 atom stereocenters. The zero-order chi connectivity index (χ0) is 29.9. The highest BCUT2D eigenvalue weighted by molar-refractivity contribution is 8.18. The molecule has 0 aliphatic carbocycles. The lowest BCUT2D eigenvalue weighted by molar-refractivity contribution is -0.384. The van der Waals surface area contributed by atoms with Gasteiger partial charge in [0.25, 0.3) is 11.6 Å². The van der Waals surface area contributed by atoms with E-state index in [1.54, 1.807) is 35.1 Å². The molecular formula is C33H26N4O4S2. The molecule has 1 aliphatic heterocycles. The van der Waals surface area contributed by atoms with Gasteiger partial charge in [-0.05, 0) is 104 Å². The molecule has 0 N–H and O–H groups in total. The lowest BCUT2D eigenvalue weighted by Crippen LogP contribution is -2.28. The normalized spacial score (nSPS) is 15.1. The van der Waals surface area contributed by atoms with Crippen LogP contribution in [0, 0.1) is 24.0 Å². The zero-order valence-electron chi connectivity index (χ0n) is 23.3. The molecule has 6 rings (SSSR count). The maximum Gasteiger partial charge on any atom is 0.269 e. The number of non-ortho nitro benzene ring substituents is 1. The maximum absolute atomic E-state index is 13.6. The van der Waals surface area contributed by atoms with Crippen LogP contribution in [0.3, 0.4) is 0 Å². The smallest absolute Gasteiger partial charge is 0.269 e. The average Bonchev–Trinajstić information content (AvgIpc) is 3.70. The number of carbonyl (C=O) groups is 1. The molecule has 5 aromatic rings. The largest absolute Gasteiger partial charge is 0.467 e. The van der Waals surface area contributed by atoms with Crippen LogP contribution in [0.25, 0.3) is 11.8 Å². The number of nitro benzene ring substituents is 1. The number of aromatic nitrogens is 1. The SMILES string of the molecule is Cc1cc(/C=C2\SC(=Nc3ccccc3)N(Cc3ccco3)C2=O)c(C)n1-c1ccc(Sc2ccc([N+](=O)[O-])cc2)cc1. The van der Waals surface area contributed by atoms with Crippen molar-refractivity contribution in [2.24, 2.45) is 4.99 Å². The average molecular weight is 607 g/mol. The van der Waals surface area contributed by atoms with Gasteiger partial charge in [0, 0.05) is 39.0 Å². The van der Waals surface area contributed by atoms with Crippen molar-refractivity contribution in [1.82, 2.24) is 9.47 Å². The standard InChI is InChI=1S/C33H26N4O4S2/c1-22-19-24(23(2)36(22)26-10-14-29(15-11-26)42-30-16-12-27(13-17-30)37(39)40)20-31-32(38)35(21-28-9-6-18-41-28)33(43-31)34-25-7-4-3-5-8-25/h3-20H,21H2,1-2H3/b31-20-,34-33?. The summed E-state index contributed by atoms with van der Waals surface area (Å²) in [6.45, 7) is 4.39. The van der Waals surface area contributed by atoms with Gasteiger partial charge in [-0.15, -0.1) is 0 Å². The Morgan fingerprint density at radius 2 is 1.65 bits per heavy atom. The third-order valence-corrected chi connectivity index (χ3v) is 8.92. The first kappa shape index (κ1) is 28.3. The van der Waals surface area contributed by atoms with E-state index in [-0.39, 0.29) is 11.6 Å². The van der Waals surface area contributed by atoms with E-state index in [9.17, 15) is 14.9 Å². The van der Waals surface area contributed by atoms with Crippen LogP contribution in [0.4, 0.5) is 11.4 Å². The molecule has 8 nitrogen and oxygen atoms in total. The van der Waals surface area contributed by atoms with Gasteiger partial charge in [-0.2, -0.15) is 0 Å². The molecule has 3 heterocycles. The van der Waals surface area contributed by atoms with Gasteiger partial charge in [-0.25, -0.2) is 4.99 Å². The van der Waals surface area contributed by atoms with Gasteiger partial charge in [-0.1, -0.05) is 30.0 Å². The van der Waals surface area contributed by atoms with Crippen LogP contribution in [-0.2, 0) is 11.3 Å². The minimum Gasteiger partial charge on any atom is -0.467 e. The fraction of sp³-hybridized carbons (Fsp3) is 0.0909. The number of rotatable bonds is 8. The van der Waals surface area contributed by atoms with E-state index in [1.165, 1.54) is 23.9 Å². The van der Waals surface area contributed by atoms with E-state index in [0.29, 0.717) is 22.4 Å². The second-order valence-corrected chi connectivity index (χ2v) is 12.0. The van der Waals surface area contributed by atoms with E-state index >= 15 is 0 Å². The summed E-state index contributed by atoms with van der Waals surface area (Å²) in [7, 11) is 0. The molecule has 1 fully saturated rings. The van der Waals surface area contributed by atoms with Crippen molar-refractivity contribution >= 4 is 52.0 Å². The van der Waals surface area contributed by atoms with Gasteiger partial charge in [0.05, 0.1) is 28.3 Å². The topological polar surface area (TPSA) is 93.9 Å². The van der Waals surface area contributed by atoms with Crippen LogP contribution < -0.4 is 0 Å². The molecule has 1 amide bonds. The fourth-order valence-corrected chi connectivity index (χ4v) is 6.61. The van der Waals surface area contributed by atoms with E-state index in [4.69, 9.17) is 9.41 Å². The van der Waals surface area contributed by atoms with Crippen LogP contribution in [0.15, 0.2) is 127 Å². The Kier molecular flexibility index (Phi) is 8.04. The number of hydrogen-bond acceptors (Lipinski definition) is 7. The van der Waals surface area contributed by atoms with Crippen LogP contribution in [-0.4, -0.2) is 25.5 Å². The fourth-order valence-electron chi connectivity index (χ4n) is 4.81. The van der Waals surface area contributed by atoms with Gasteiger partial charge in [0.15, 0.2) is 5.17 Å². The summed E-state index contributed by atoms with van der Waals surface area (Å²) in [6.07, 6.45) is 3.54. The third kappa shape index (κ3) is 6.20. The van der Waals surface area contributed by atoms with Gasteiger partial charge in [-0.3, -0.25) is 19.8 Å². The first-order chi connectivity index (χ1) is 20.9. The predicted octanol–water partition coefficient (Wildman–Crippen LogP) is 8.55. The number of para-hydroxylation sites is 1. The molecule has 3 aromatic carbocycles. The number of aryl methyl sites for hydroxylation is 1. The second kappa shape index (κ2) is 12.2. The maximum atomic E-state index is 13.6. The van der Waals surface area contributed by atoms with Crippen molar-refractivity contribution < 1.29 is 14.1 Å². The molecule has 0 bridgehead atoms. The van der Waals surface area contributed by atoms with Crippen molar-refractivity contribution in [3.8, 4) is 5.69 Å². The van der Waals surface area contributed by atoms with Crippen LogP contribution in [0.1, 0.15) is 22.7 Å². The van der Waals surface area contributed by atoms with Crippen molar-refractivity contribution in [2.45, 2.75) is 30.2 Å².